The monoisotopic (exact) mass is 390 g/mol. The molecule has 2 aromatic carbocycles. The van der Waals surface area contributed by atoms with Crippen molar-refractivity contribution in [1.82, 2.24) is 10.6 Å². The predicted molar refractivity (Wildman–Crippen MR) is 100 cm³/mol. The van der Waals surface area contributed by atoms with E-state index >= 15 is 0 Å². The van der Waals surface area contributed by atoms with Crippen molar-refractivity contribution in [3.8, 4) is 5.75 Å². The van der Waals surface area contributed by atoms with E-state index in [4.69, 9.17) is 4.74 Å². The third kappa shape index (κ3) is 4.95. The predicted octanol–water partition coefficient (Wildman–Crippen LogP) is 3.49. The van der Waals surface area contributed by atoms with Gasteiger partial charge in [-0.05, 0) is 73.3 Å². The Kier molecular flexibility index (Phi) is 6.10. The van der Waals surface area contributed by atoms with Crippen LogP contribution < -0.4 is 15.4 Å². The summed E-state index contributed by atoms with van der Waals surface area (Å²) in [4.78, 5) is 11.9. The minimum Gasteiger partial charge on any atom is -0.484 e. The first-order chi connectivity index (χ1) is 11.7. The van der Waals surface area contributed by atoms with E-state index in [0.29, 0.717) is 5.92 Å². The van der Waals surface area contributed by atoms with E-state index in [1.54, 1.807) is 0 Å². The van der Waals surface area contributed by atoms with Crippen LogP contribution >= 0.6 is 15.9 Å². The van der Waals surface area contributed by atoms with Crippen LogP contribution in [0.15, 0.2) is 40.9 Å². The van der Waals surface area contributed by atoms with Gasteiger partial charge in [-0.3, -0.25) is 4.79 Å². The zero-order chi connectivity index (χ0) is 16.8. The van der Waals surface area contributed by atoms with Crippen molar-refractivity contribution in [2.24, 2.45) is 5.92 Å². The number of amides is 1. The normalized spacial score (nSPS) is 17.6. The molecular formula is C19H23BrN2O2. The van der Waals surface area contributed by atoms with Crippen molar-refractivity contribution in [3.05, 3.63) is 40.9 Å². The van der Waals surface area contributed by atoms with Crippen LogP contribution in [-0.4, -0.2) is 32.1 Å². The lowest BCUT2D eigenvalue weighted by molar-refractivity contribution is -0.123. The second-order valence-electron chi connectivity index (χ2n) is 6.29. The minimum absolute atomic E-state index is 0.0605. The maximum Gasteiger partial charge on any atom is 0.257 e. The summed E-state index contributed by atoms with van der Waals surface area (Å²) in [6.45, 7) is 2.98. The van der Waals surface area contributed by atoms with E-state index in [9.17, 15) is 4.79 Å². The maximum absolute atomic E-state index is 11.9. The molecule has 0 aliphatic carbocycles. The van der Waals surface area contributed by atoms with Gasteiger partial charge in [0.25, 0.3) is 5.91 Å². The van der Waals surface area contributed by atoms with Gasteiger partial charge in [-0.15, -0.1) is 0 Å². The van der Waals surface area contributed by atoms with Gasteiger partial charge in [-0.2, -0.15) is 0 Å². The fraction of sp³-hybridized carbons (Fsp3) is 0.421. The fourth-order valence-electron chi connectivity index (χ4n) is 3.07. The molecule has 128 valence electrons. The van der Waals surface area contributed by atoms with E-state index in [0.717, 1.165) is 47.0 Å². The van der Waals surface area contributed by atoms with Crippen molar-refractivity contribution in [2.75, 3.05) is 26.2 Å². The van der Waals surface area contributed by atoms with Gasteiger partial charge in [-0.1, -0.05) is 28.1 Å². The second-order valence-corrected chi connectivity index (χ2v) is 7.21. The number of rotatable bonds is 6. The molecule has 1 saturated heterocycles. The Hall–Kier alpha value is -1.59. The molecule has 1 fully saturated rings. The largest absolute Gasteiger partial charge is 0.484 e. The summed E-state index contributed by atoms with van der Waals surface area (Å²) >= 11 is 3.47. The zero-order valence-electron chi connectivity index (χ0n) is 13.7. The molecule has 0 bridgehead atoms. The third-order valence-electron chi connectivity index (χ3n) is 4.42. The summed E-state index contributed by atoms with van der Waals surface area (Å²) in [5.74, 6) is 1.34. The Morgan fingerprint density at radius 1 is 1.25 bits per heavy atom. The van der Waals surface area contributed by atoms with Crippen LogP contribution in [0.25, 0.3) is 10.8 Å². The molecule has 1 heterocycles. The fourth-order valence-corrected chi connectivity index (χ4v) is 3.45. The van der Waals surface area contributed by atoms with Gasteiger partial charge < -0.3 is 15.4 Å². The Labute approximate surface area is 151 Å². The highest BCUT2D eigenvalue weighted by Gasteiger charge is 2.13. The van der Waals surface area contributed by atoms with E-state index in [-0.39, 0.29) is 12.5 Å². The summed E-state index contributed by atoms with van der Waals surface area (Å²) in [5.41, 5.74) is 0. The van der Waals surface area contributed by atoms with Gasteiger partial charge in [0.1, 0.15) is 5.75 Å². The Bertz CT molecular complexity index is 699. The SMILES string of the molecule is O=C(COc1ccc2cc(Br)ccc2c1)NCCC1CCCNC1. The summed E-state index contributed by atoms with van der Waals surface area (Å²) < 4.78 is 6.66. The maximum atomic E-state index is 11.9. The molecule has 0 aromatic heterocycles. The number of piperidine rings is 1. The van der Waals surface area contributed by atoms with Crippen molar-refractivity contribution in [1.29, 1.82) is 0 Å². The number of hydrogen-bond donors (Lipinski definition) is 2. The lowest BCUT2D eigenvalue weighted by Crippen LogP contribution is -2.34. The Balaban J connectivity index is 1.43. The van der Waals surface area contributed by atoms with Gasteiger partial charge in [0.05, 0.1) is 0 Å². The van der Waals surface area contributed by atoms with Crippen LogP contribution in [-0.2, 0) is 4.79 Å². The molecule has 1 aliphatic heterocycles. The molecule has 0 saturated carbocycles. The van der Waals surface area contributed by atoms with Crippen molar-refractivity contribution in [3.63, 3.8) is 0 Å². The number of halogens is 1. The molecule has 1 atom stereocenters. The Morgan fingerprint density at radius 2 is 2.08 bits per heavy atom. The molecule has 0 spiro atoms. The molecule has 1 amide bonds. The number of nitrogens with one attached hydrogen (secondary N) is 2. The first-order valence-corrected chi connectivity index (χ1v) is 9.29. The van der Waals surface area contributed by atoms with Gasteiger partial charge in [-0.25, -0.2) is 0 Å². The Morgan fingerprint density at radius 3 is 2.92 bits per heavy atom. The summed E-state index contributed by atoms with van der Waals surface area (Å²) in [7, 11) is 0. The van der Waals surface area contributed by atoms with E-state index in [1.165, 1.54) is 12.8 Å². The van der Waals surface area contributed by atoms with E-state index < -0.39 is 0 Å². The molecular weight excluding hydrogens is 368 g/mol. The van der Waals surface area contributed by atoms with Gasteiger partial charge in [0.2, 0.25) is 0 Å². The molecule has 0 radical (unpaired) electrons. The van der Waals surface area contributed by atoms with Crippen molar-refractivity contribution in [2.45, 2.75) is 19.3 Å². The number of hydrogen-bond acceptors (Lipinski definition) is 3. The quantitative estimate of drug-likeness (QED) is 0.793. The number of benzene rings is 2. The molecule has 1 unspecified atom stereocenters. The van der Waals surface area contributed by atoms with Gasteiger partial charge in [0.15, 0.2) is 6.61 Å². The molecule has 1 aliphatic rings. The highest BCUT2D eigenvalue weighted by molar-refractivity contribution is 9.10. The lowest BCUT2D eigenvalue weighted by Gasteiger charge is -2.22. The number of carbonyl (C=O) groups is 1. The van der Waals surface area contributed by atoms with Crippen LogP contribution in [0.1, 0.15) is 19.3 Å². The van der Waals surface area contributed by atoms with Crippen molar-refractivity contribution < 1.29 is 9.53 Å². The van der Waals surface area contributed by atoms with Crippen LogP contribution in [0, 0.1) is 5.92 Å². The summed E-state index contributed by atoms with van der Waals surface area (Å²) in [5, 5.41) is 8.58. The smallest absolute Gasteiger partial charge is 0.257 e. The zero-order valence-corrected chi connectivity index (χ0v) is 15.3. The highest BCUT2D eigenvalue weighted by atomic mass is 79.9. The van der Waals surface area contributed by atoms with Gasteiger partial charge in [0, 0.05) is 11.0 Å². The molecule has 4 nitrogen and oxygen atoms in total. The molecule has 5 heteroatoms. The standard InChI is InChI=1S/C19H23BrN2O2/c20-17-5-3-16-11-18(6-4-15(16)10-17)24-13-19(23)22-9-7-14-2-1-8-21-12-14/h3-6,10-11,14,21H,1-2,7-9,12-13H2,(H,22,23). The van der Waals surface area contributed by atoms with E-state index in [2.05, 4.69) is 32.6 Å². The second kappa shape index (κ2) is 8.49. The average molecular weight is 391 g/mol. The molecule has 2 N–H and O–H groups in total. The number of carbonyl (C=O) groups excluding carboxylic acids is 1. The van der Waals surface area contributed by atoms with Crippen LogP contribution in [0.5, 0.6) is 5.75 Å². The topological polar surface area (TPSA) is 50.4 Å². The minimum atomic E-state index is -0.0605. The van der Waals surface area contributed by atoms with E-state index in [1.807, 2.05) is 30.3 Å². The van der Waals surface area contributed by atoms with Crippen LogP contribution in [0.4, 0.5) is 0 Å². The van der Waals surface area contributed by atoms with Crippen LogP contribution in [0.3, 0.4) is 0 Å². The highest BCUT2D eigenvalue weighted by Crippen LogP contribution is 2.24. The van der Waals surface area contributed by atoms with Crippen LogP contribution in [0.2, 0.25) is 0 Å². The summed E-state index contributed by atoms with van der Waals surface area (Å²) in [6, 6.07) is 12.0. The van der Waals surface area contributed by atoms with Crippen molar-refractivity contribution >= 4 is 32.6 Å². The summed E-state index contributed by atoms with van der Waals surface area (Å²) in [6.07, 6.45) is 3.52. The number of fused-ring (bicyclic) bond motifs is 1. The molecule has 3 rings (SSSR count). The average Bonchev–Trinajstić information content (AvgIpc) is 2.61. The molecule has 2 aromatic rings. The first kappa shape index (κ1) is 17.2. The number of ether oxygens (including phenoxy) is 1. The third-order valence-corrected chi connectivity index (χ3v) is 4.91. The van der Waals surface area contributed by atoms with Gasteiger partial charge >= 0.3 is 0 Å². The lowest BCUT2D eigenvalue weighted by atomic mass is 9.96. The first-order valence-electron chi connectivity index (χ1n) is 8.50. The molecule has 24 heavy (non-hydrogen) atoms.